The Kier molecular flexibility index (Phi) is 8.25. The first-order chi connectivity index (χ1) is 10.2. The van der Waals surface area contributed by atoms with Gasteiger partial charge in [0.25, 0.3) is 5.91 Å². The number of amides is 1. The Bertz CT molecular complexity index is 536. The lowest BCUT2D eigenvalue weighted by Crippen LogP contribution is -2.25. The molecule has 0 unspecified atom stereocenters. The van der Waals surface area contributed by atoms with Crippen LogP contribution in [-0.2, 0) is 4.79 Å². The predicted molar refractivity (Wildman–Crippen MR) is 70.9 cm³/mol. The SMILES string of the molecule is N#Cc1ccc(C(=O)NCCCN)cc1.O=C(O)C(F)(F)F. The van der Waals surface area contributed by atoms with Gasteiger partial charge in [0.2, 0.25) is 0 Å². The standard InChI is InChI=1S/C11H13N3O.C2HF3O2/c12-6-1-7-14-11(15)10-4-2-9(8-13)3-5-10;3-2(4,5)1(6)7/h2-5H,1,6-7,12H2,(H,14,15);(H,6,7). The topological polar surface area (TPSA) is 116 Å². The summed E-state index contributed by atoms with van der Waals surface area (Å²) >= 11 is 0. The molecule has 120 valence electrons. The van der Waals surface area contributed by atoms with E-state index in [-0.39, 0.29) is 5.91 Å². The molecule has 9 heteroatoms. The normalized spacial score (nSPS) is 9.95. The summed E-state index contributed by atoms with van der Waals surface area (Å²) in [5, 5.41) is 18.4. The number of halogens is 3. The Hall–Kier alpha value is -2.60. The summed E-state index contributed by atoms with van der Waals surface area (Å²) in [6.45, 7) is 1.14. The van der Waals surface area contributed by atoms with Crippen LogP contribution < -0.4 is 11.1 Å². The van der Waals surface area contributed by atoms with Crippen LogP contribution in [0.5, 0.6) is 0 Å². The fraction of sp³-hybridized carbons (Fsp3) is 0.308. The van der Waals surface area contributed by atoms with E-state index in [9.17, 15) is 18.0 Å². The number of benzene rings is 1. The van der Waals surface area contributed by atoms with Gasteiger partial charge < -0.3 is 16.2 Å². The summed E-state index contributed by atoms with van der Waals surface area (Å²) in [5.41, 5.74) is 6.41. The second-order valence-electron chi connectivity index (χ2n) is 3.89. The number of hydrogen-bond acceptors (Lipinski definition) is 4. The van der Waals surface area contributed by atoms with E-state index in [1.165, 1.54) is 0 Å². The van der Waals surface area contributed by atoms with Gasteiger partial charge in [0.05, 0.1) is 11.6 Å². The zero-order valence-corrected chi connectivity index (χ0v) is 11.4. The molecule has 0 aliphatic carbocycles. The molecular formula is C13H14F3N3O3. The largest absolute Gasteiger partial charge is 0.490 e. The third kappa shape index (κ3) is 7.86. The Morgan fingerprint density at radius 1 is 1.27 bits per heavy atom. The van der Waals surface area contributed by atoms with Gasteiger partial charge >= 0.3 is 12.1 Å². The van der Waals surface area contributed by atoms with Crippen LogP contribution in [0.3, 0.4) is 0 Å². The van der Waals surface area contributed by atoms with Crippen molar-refractivity contribution in [3.8, 4) is 6.07 Å². The number of nitrogens with zero attached hydrogens (tertiary/aromatic N) is 1. The number of nitrogens with one attached hydrogen (secondary N) is 1. The highest BCUT2D eigenvalue weighted by molar-refractivity contribution is 5.94. The highest BCUT2D eigenvalue weighted by Gasteiger charge is 2.38. The quantitative estimate of drug-likeness (QED) is 0.723. The number of alkyl halides is 3. The van der Waals surface area contributed by atoms with E-state index in [1.807, 2.05) is 6.07 Å². The van der Waals surface area contributed by atoms with Crippen LogP contribution in [-0.4, -0.2) is 36.2 Å². The van der Waals surface area contributed by atoms with Gasteiger partial charge in [-0.25, -0.2) is 4.79 Å². The van der Waals surface area contributed by atoms with Gasteiger partial charge in [0, 0.05) is 12.1 Å². The summed E-state index contributed by atoms with van der Waals surface area (Å²) in [6.07, 6.45) is -4.32. The first-order valence-corrected chi connectivity index (χ1v) is 6.01. The summed E-state index contributed by atoms with van der Waals surface area (Å²) < 4.78 is 31.7. The lowest BCUT2D eigenvalue weighted by molar-refractivity contribution is -0.192. The Morgan fingerprint density at radius 3 is 2.14 bits per heavy atom. The highest BCUT2D eigenvalue weighted by atomic mass is 19.4. The third-order valence-electron chi connectivity index (χ3n) is 2.19. The van der Waals surface area contributed by atoms with Crippen LogP contribution in [0.4, 0.5) is 13.2 Å². The van der Waals surface area contributed by atoms with Crippen LogP contribution in [0.15, 0.2) is 24.3 Å². The van der Waals surface area contributed by atoms with Crippen molar-refractivity contribution in [1.82, 2.24) is 5.32 Å². The van der Waals surface area contributed by atoms with Crippen molar-refractivity contribution in [3.63, 3.8) is 0 Å². The third-order valence-corrected chi connectivity index (χ3v) is 2.19. The fourth-order valence-electron chi connectivity index (χ4n) is 1.10. The molecule has 0 saturated carbocycles. The van der Waals surface area contributed by atoms with Crippen LogP contribution in [0.2, 0.25) is 0 Å². The van der Waals surface area contributed by atoms with Crippen molar-refractivity contribution in [3.05, 3.63) is 35.4 Å². The van der Waals surface area contributed by atoms with Gasteiger partial charge in [-0.3, -0.25) is 4.79 Å². The number of carboxylic acids is 1. The number of rotatable bonds is 4. The molecule has 0 aliphatic heterocycles. The molecule has 1 rings (SSSR count). The summed E-state index contributed by atoms with van der Waals surface area (Å²) in [6, 6.07) is 8.51. The molecule has 0 radical (unpaired) electrons. The molecule has 6 nitrogen and oxygen atoms in total. The van der Waals surface area contributed by atoms with E-state index in [2.05, 4.69) is 5.32 Å². The van der Waals surface area contributed by atoms with Crippen LogP contribution in [0.1, 0.15) is 22.3 Å². The minimum atomic E-state index is -5.08. The number of hydrogen-bond donors (Lipinski definition) is 3. The molecule has 0 aromatic heterocycles. The molecule has 0 spiro atoms. The van der Waals surface area contributed by atoms with Crippen LogP contribution in [0.25, 0.3) is 0 Å². The zero-order chi connectivity index (χ0) is 17.2. The van der Waals surface area contributed by atoms with Crippen molar-refractivity contribution in [2.24, 2.45) is 5.73 Å². The van der Waals surface area contributed by atoms with Crippen LogP contribution >= 0.6 is 0 Å². The van der Waals surface area contributed by atoms with Gasteiger partial charge in [0.15, 0.2) is 0 Å². The maximum atomic E-state index is 11.5. The minimum Gasteiger partial charge on any atom is -0.475 e. The molecular weight excluding hydrogens is 303 g/mol. The molecule has 1 aromatic carbocycles. The van der Waals surface area contributed by atoms with Crippen LogP contribution in [0, 0.1) is 11.3 Å². The van der Waals surface area contributed by atoms with Gasteiger partial charge in [-0.05, 0) is 37.2 Å². The van der Waals surface area contributed by atoms with Gasteiger partial charge in [-0.1, -0.05) is 0 Å². The summed E-state index contributed by atoms with van der Waals surface area (Å²) in [4.78, 5) is 20.4. The number of nitriles is 1. The van der Waals surface area contributed by atoms with Gasteiger partial charge in [-0.2, -0.15) is 18.4 Å². The van der Waals surface area contributed by atoms with Gasteiger partial charge in [-0.15, -0.1) is 0 Å². The van der Waals surface area contributed by atoms with Crippen molar-refractivity contribution in [1.29, 1.82) is 5.26 Å². The van der Waals surface area contributed by atoms with E-state index < -0.39 is 12.1 Å². The number of carbonyl (C=O) groups excluding carboxylic acids is 1. The number of carbonyl (C=O) groups is 2. The number of carboxylic acid groups (broad SMARTS) is 1. The molecule has 0 atom stereocenters. The lowest BCUT2D eigenvalue weighted by Gasteiger charge is -2.03. The van der Waals surface area contributed by atoms with Crippen molar-refractivity contribution in [2.45, 2.75) is 12.6 Å². The Balaban J connectivity index is 0.000000534. The highest BCUT2D eigenvalue weighted by Crippen LogP contribution is 2.13. The first kappa shape index (κ1) is 19.4. The molecule has 0 fully saturated rings. The second kappa shape index (κ2) is 9.36. The Labute approximate surface area is 124 Å². The van der Waals surface area contributed by atoms with Crippen molar-refractivity contribution in [2.75, 3.05) is 13.1 Å². The molecule has 4 N–H and O–H groups in total. The summed E-state index contributed by atoms with van der Waals surface area (Å²) in [7, 11) is 0. The van der Waals surface area contributed by atoms with E-state index in [0.717, 1.165) is 6.42 Å². The van der Waals surface area contributed by atoms with E-state index in [4.69, 9.17) is 20.9 Å². The van der Waals surface area contributed by atoms with Crippen molar-refractivity contribution >= 4 is 11.9 Å². The smallest absolute Gasteiger partial charge is 0.475 e. The maximum Gasteiger partial charge on any atom is 0.490 e. The molecule has 0 saturated heterocycles. The molecule has 22 heavy (non-hydrogen) atoms. The molecule has 0 aliphatic rings. The predicted octanol–water partition coefficient (Wildman–Crippen LogP) is 1.27. The zero-order valence-electron chi connectivity index (χ0n) is 11.4. The van der Waals surface area contributed by atoms with E-state index in [0.29, 0.717) is 24.2 Å². The Morgan fingerprint density at radius 2 is 1.77 bits per heavy atom. The second-order valence-corrected chi connectivity index (χ2v) is 3.89. The number of nitrogens with two attached hydrogens (primary N) is 1. The molecule has 0 heterocycles. The van der Waals surface area contributed by atoms with Gasteiger partial charge in [0.1, 0.15) is 0 Å². The molecule has 1 amide bonds. The average Bonchev–Trinajstić information content (AvgIpc) is 2.47. The first-order valence-electron chi connectivity index (χ1n) is 6.01. The molecule has 1 aromatic rings. The average molecular weight is 317 g/mol. The summed E-state index contributed by atoms with van der Waals surface area (Å²) in [5.74, 6) is -2.89. The number of aliphatic carboxylic acids is 1. The lowest BCUT2D eigenvalue weighted by atomic mass is 10.1. The maximum absolute atomic E-state index is 11.5. The van der Waals surface area contributed by atoms with E-state index in [1.54, 1.807) is 24.3 Å². The minimum absolute atomic E-state index is 0.132. The monoisotopic (exact) mass is 317 g/mol. The molecule has 0 bridgehead atoms. The van der Waals surface area contributed by atoms with E-state index >= 15 is 0 Å². The van der Waals surface area contributed by atoms with Crippen molar-refractivity contribution < 1.29 is 27.9 Å². The fourth-order valence-corrected chi connectivity index (χ4v) is 1.10.